The minimum Gasteiger partial charge on any atom is -0.481 e. The third-order valence-electron chi connectivity index (χ3n) is 3.94. The van der Waals surface area contributed by atoms with Crippen LogP contribution in [0, 0.1) is 0 Å². The van der Waals surface area contributed by atoms with E-state index in [4.69, 9.17) is 5.73 Å². The van der Waals surface area contributed by atoms with Crippen LogP contribution in [0.3, 0.4) is 0 Å². The molecule has 1 saturated carbocycles. The van der Waals surface area contributed by atoms with Gasteiger partial charge in [0.15, 0.2) is 0 Å². The summed E-state index contributed by atoms with van der Waals surface area (Å²) in [5.74, 6) is -1.25. The van der Waals surface area contributed by atoms with Gasteiger partial charge in [0.05, 0.1) is 11.0 Å². The lowest BCUT2D eigenvalue weighted by atomic mass is 9.67. The maximum Gasteiger partial charge on any atom is 0.416 e. The van der Waals surface area contributed by atoms with Crippen molar-refractivity contribution in [3.05, 3.63) is 29.6 Å². The van der Waals surface area contributed by atoms with Crippen molar-refractivity contribution in [1.29, 1.82) is 0 Å². The Hall–Kier alpha value is -1.63. The third-order valence-corrected chi connectivity index (χ3v) is 3.94. The highest BCUT2D eigenvalue weighted by atomic mass is 19.4. The Labute approximate surface area is 113 Å². The van der Waals surface area contributed by atoms with Gasteiger partial charge in [0.2, 0.25) is 0 Å². The first-order valence-corrected chi connectivity index (χ1v) is 6.28. The molecule has 0 spiro atoms. The number of carboxylic acids is 1. The highest BCUT2D eigenvalue weighted by molar-refractivity contribution is 5.82. The second kappa shape index (κ2) is 5.05. The Bertz CT molecular complexity index is 509. The standard InChI is InChI=1S/C13H15F3N2O2/c14-13(15,16)9-3-6-18-7-10(9)12(11(19)20)4-1-8(17)2-5-12/h3,6-8H,1-2,4-5,17H2,(H,19,20). The van der Waals surface area contributed by atoms with Crippen molar-refractivity contribution in [3.63, 3.8) is 0 Å². The number of pyridine rings is 1. The molecule has 4 nitrogen and oxygen atoms in total. The van der Waals surface area contributed by atoms with Crippen molar-refractivity contribution in [1.82, 2.24) is 4.98 Å². The summed E-state index contributed by atoms with van der Waals surface area (Å²) in [6, 6.07) is 0.669. The number of rotatable bonds is 2. The fourth-order valence-corrected chi connectivity index (χ4v) is 2.75. The van der Waals surface area contributed by atoms with Crippen molar-refractivity contribution < 1.29 is 23.1 Å². The summed E-state index contributed by atoms with van der Waals surface area (Å²) in [6.07, 6.45) is -1.59. The molecule has 110 valence electrons. The summed E-state index contributed by atoms with van der Waals surface area (Å²) >= 11 is 0. The van der Waals surface area contributed by atoms with E-state index in [1.165, 1.54) is 0 Å². The lowest BCUT2D eigenvalue weighted by Crippen LogP contribution is -2.44. The number of carboxylic acid groups (broad SMARTS) is 1. The quantitative estimate of drug-likeness (QED) is 0.875. The first-order valence-electron chi connectivity index (χ1n) is 6.28. The molecule has 20 heavy (non-hydrogen) atoms. The smallest absolute Gasteiger partial charge is 0.416 e. The molecular weight excluding hydrogens is 273 g/mol. The molecule has 1 aliphatic carbocycles. The number of hydrogen-bond donors (Lipinski definition) is 2. The van der Waals surface area contributed by atoms with Crippen molar-refractivity contribution in [2.75, 3.05) is 0 Å². The molecule has 1 aromatic heterocycles. The van der Waals surface area contributed by atoms with Gasteiger partial charge in [0, 0.05) is 18.4 Å². The van der Waals surface area contributed by atoms with Crippen LogP contribution < -0.4 is 5.73 Å². The summed E-state index contributed by atoms with van der Waals surface area (Å²) in [6.45, 7) is 0. The molecule has 0 unspecified atom stereocenters. The zero-order valence-electron chi connectivity index (χ0n) is 10.7. The third kappa shape index (κ3) is 2.49. The van der Waals surface area contributed by atoms with E-state index < -0.39 is 23.1 Å². The summed E-state index contributed by atoms with van der Waals surface area (Å²) in [4.78, 5) is 15.3. The fraction of sp³-hybridized carbons (Fsp3) is 0.538. The SMILES string of the molecule is NC1CCC(C(=O)O)(c2cnccc2C(F)(F)F)CC1. The molecule has 0 aromatic carbocycles. The van der Waals surface area contributed by atoms with E-state index in [0.717, 1.165) is 18.5 Å². The van der Waals surface area contributed by atoms with Crippen LogP contribution in [0.4, 0.5) is 13.2 Å². The predicted octanol–water partition coefficient (Wildman–Crippen LogP) is 2.32. The van der Waals surface area contributed by atoms with Crippen LogP contribution >= 0.6 is 0 Å². The summed E-state index contributed by atoms with van der Waals surface area (Å²) < 4.78 is 39.2. The van der Waals surface area contributed by atoms with E-state index in [0.29, 0.717) is 12.8 Å². The molecule has 7 heteroatoms. The minimum atomic E-state index is -4.60. The number of aromatic nitrogens is 1. The van der Waals surface area contributed by atoms with E-state index in [9.17, 15) is 23.1 Å². The number of nitrogens with two attached hydrogens (primary N) is 1. The lowest BCUT2D eigenvalue weighted by molar-refractivity contribution is -0.147. The Morgan fingerprint density at radius 2 is 2.00 bits per heavy atom. The lowest BCUT2D eigenvalue weighted by Gasteiger charge is -2.37. The molecule has 1 aliphatic rings. The van der Waals surface area contributed by atoms with E-state index in [-0.39, 0.29) is 24.4 Å². The van der Waals surface area contributed by atoms with Crippen LogP contribution in [0.25, 0.3) is 0 Å². The van der Waals surface area contributed by atoms with Gasteiger partial charge < -0.3 is 10.8 Å². The van der Waals surface area contributed by atoms with Crippen LogP contribution in [0.1, 0.15) is 36.8 Å². The summed E-state index contributed by atoms with van der Waals surface area (Å²) in [7, 11) is 0. The summed E-state index contributed by atoms with van der Waals surface area (Å²) in [5.41, 5.74) is 3.00. The van der Waals surface area contributed by atoms with E-state index >= 15 is 0 Å². The average Bonchev–Trinajstić information content (AvgIpc) is 2.38. The number of nitrogens with zero attached hydrogens (tertiary/aromatic N) is 1. The second-order valence-electron chi connectivity index (χ2n) is 5.14. The second-order valence-corrected chi connectivity index (χ2v) is 5.14. The van der Waals surface area contributed by atoms with E-state index in [2.05, 4.69) is 4.98 Å². The number of aliphatic carboxylic acids is 1. The van der Waals surface area contributed by atoms with Crippen molar-refractivity contribution in [2.45, 2.75) is 43.3 Å². The Morgan fingerprint density at radius 3 is 2.50 bits per heavy atom. The highest BCUT2D eigenvalue weighted by Crippen LogP contribution is 2.44. The maximum absolute atomic E-state index is 13.1. The van der Waals surface area contributed by atoms with Crippen LogP contribution in [0.5, 0.6) is 0 Å². The molecule has 0 bridgehead atoms. The Balaban J connectivity index is 2.54. The molecule has 1 aromatic rings. The van der Waals surface area contributed by atoms with Crippen molar-refractivity contribution >= 4 is 5.97 Å². The molecule has 3 N–H and O–H groups in total. The van der Waals surface area contributed by atoms with Gasteiger partial charge in [-0.25, -0.2) is 0 Å². The molecule has 0 saturated heterocycles. The zero-order chi connectivity index (χ0) is 15.0. The number of alkyl halides is 3. The zero-order valence-corrected chi connectivity index (χ0v) is 10.7. The first-order chi connectivity index (χ1) is 9.27. The predicted molar refractivity (Wildman–Crippen MR) is 65.0 cm³/mol. The van der Waals surface area contributed by atoms with Gasteiger partial charge in [0.1, 0.15) is 0 Å². The first kappa shape index (κ1) is 14.8. The molecule has 1 heterocycles. The number of hydrogen-bond acceptors (Lipinski definition) is 3. The maximum atomic E-state index is 13.1. The van der Waals surface area contributed by atoms with Crippen LogP contribution in [0.2, 0.25) is 0 Å². The average molecular weight is 288 g/mol. The largest absolute Gasteiger partial charge is 0.481 e. The highest BCUT2D eigenvalue weighted by Gasteiger charge is 2.48. The van der Waals surface area contributed by atoms with Gasteiger partial charge in [-0.1, -0.05) is 0 Å². The minimum absolute atomic E-state index is 0.0955. The van der Waals surface area contributed by atoms with Crippen LogP contribution in [0.15, 0.2) is 18.5 Å². The number of halogens is 3. The van der Waals surface area contributed by atoms with Gasteiger partial charge >= 0.3 is 12.1 Å². The van der Waals surface area contributed by atoms with Crippen LogP contribution in [-0.2, 0) is 16.4 Å². The number of carbonyl (C=O) groups is 1. The molecule has 0 radical (unpaired) electrons. The van der Waals surface area contributed by atoms with Crippen molar-refractivity contribution in [3.8, 4) is 0 Å². The normalized spacial score (nSPS) is 27.3. The molecule has 1 fully saturated rings. The molecular formula is C13H15F3N2O2. The Kier molecular flexibility index (Phi) is 3.73. The van der Waals surface area contributed by atoms with Gasteiger partial charge in [-0.3, -0.25) is 9.78 Å². The monoisotopic (exact) mass is 288 g/mol. The van der Waals surface area contributed by atoms with Gasteiger partial charge in [-0.2, -0.15) is 13.2 Å². The van der Waals surface area contributed by atoms with Gasteiger partial charge in [-0.05, 0) is 37.3 Å². The molecule has 2 rings (SSSR count). The van der Waals surface area contributed by atoms with E-state index in [1.54, 1.807) is 0 Å². The molecule has 0 atom stereocenters. The fourth-order valence-electron chi connectivity index (χ4n) is 2.75. The van der Waals surface area contributed by atoms with Gasteiger partial charge in [0.25, 0.3) is 0 Å². The molecule has 0 aliphatic heterocycles. The molecule has 0 amide bonds. The van der Waals surface area contributed by atoms with Crippen LogP contribution in [-0.4, -0.2) is 22.1 Å². The Morgan fingerprint density at radius 1 is 1.40 bits per heavy atom. The summed E-state index contributed by atoms with van der Waals surface area (Å²) in [5, 5.41) is 9.48. The topological polar surface area (TPSA) is 76.2 Å². The van der Waals surface area contributed by atoms with E-state index in [1.807, 2.05) is 0 Å². The van der Waals surface area contributed by atoms with Gasteiger partial charge in [-0.15, -0.1) is 0 Å². The van der Waals surface area contributed by atoms with Crippen molar-refractivity contribution in [2.24, 2.45) is 5.73 Å².